The van der Waals surface area contributed by atoms with Crippen LogP contribution in [0.3, 0.4) is 0 Å². The highest BCUT2D eigenvalue weighted by molar-refractivity contribution is 9.10. The molecule has 6 heteroatoms. The summed E-state index contributed by atoms with van der Waals surface area (Å²) >= 11 is 3.54. The van der Waals surface area contributed by atoms with E-state index in [-0.39, 0.29) is 18.0 Å². The van der Waals surface area contributed by atoms with Crippen LogP contribution >= 0.6 is 15.9 Å². The fourth-order valence-electron chi connectivity index (χ4n) is 3.27. The summed E-state index contributed by atoms with van der Waals surface area (Å²) < 4.78 is 6.39. The standard InChI is InChI=1S/C21H25BrN2O3/c1-21(2,3)27-20(26)24-12-10-14(11-13-24)23-19(25)17-8-4-7-16-15(17)6-5-9-18(16)22/h4-9,14H,10-13H2,1-3H3,(H,23,25). The van der Waals surface area contributed by atoms with E-state index in [1.54, 1.807) is 4.90 Å². The fraction of sp³-hybridized carbons (Fsp3) is 0.429. The van der Waals surface area contributed by atoms with Crippen LogP contribution in [0.15, 0.2) is 40.9 Å². The third-order valence-electron chi connectivity index (χ3n) is 4.60. The summed E-state index contributed by atoms with van der Waals surface area (Å²) in [4.78, 5) is 26.7. The zero-order valence-electron chi connectivity index (χ0n) is 15.9. The Morgan fingerprint density at radius 2 is 1.70 bits per heavy atom. The van der Waals surface area contributed by atoms with Crippen LogP contribution in [0.4, 0.5) is 4.79 Å². The van der Waals surface area contributed by atoms with Crippen molar-refractivity contribution < 1.29 is 14.3 Å². The number of fused-ring (bicyclic) bond motifs is 1. The molecule has 0 radical (unpaired) electrons. The van der Waals surface area contributed by atoms with Crippen molar-refractivity contribution in [3.63, 3.8) is 0 Å². The van der Waals surface area contributed by atoms with Crippen LogP contribution < -0.4 is 5.32 Å². The third kappa shape index (κ3) is 4.80. The summed E-state index contributed by atoms with van der Waals surface area (Å²) in [6.45, 7) is 6.75. The van der Waals surface area contributed by atoms with Crippen molar-refractivity contribution in [3.05, 3.63) is 46.4 Å². The highest BCUT2D eigenvalue weighted by Gasteiger charge is 2.27. The van der Waals surface area contributed by atoms with Gasteiger partial charge >= 0.3 is 6.09 Å². The molecule has 0 aromatic heterocycles. The van der Waals surface area contributed by atoms with Gasteiger partial charge in [-0.25, -0.2) is 4.79 Å². The van der Waals surface area contributed by atoms with Crippen LogP contribution in [0.5, 0.6) is 0 Å². The number of ether oxygens (including phenoxy) is 1. The summed E-state index contributed by atoms with van der Waals surface area (Å²) in [5.41, 5.74) is 0.175. The number of amides is 2. The van der Waals surface area contributed by atoms with Gasteiger partial charge in [-0.15, -0.1) is 0 Å². The molecule has 144 valence electrons. The number of hydrogen-bond acceptors (Lipinski definition) is 3. The van der Waals surface area contributed by atoms with Crippen LogP contribution in [-0.2, 0) is 4.74 Å². The zero-order chi connectivity index (χ0) is 19.6. The number of nitrogens with zero attached hydrogens (tertiary/aromatic N) is 1. The van der Waals surface area contributed by atoms with Crippen molar-refractivity contribution in [2.24, 2.45) is 0 Å². The van der Waals surface area contributed by atoms with Crippen molar-refractivity contribution in [3.8, 4) is 0 Å². The van der Waals surface area contributed by atoms with Gasteiger partial charge in [0, 0.05) is 29.2 Å². The monoisotopic (exact) mass is 432 g/mol. The van der Waals surface area contributed by atoms with E-state index in [0.717, 1.165) is 28.1 Å². The lowest BCUT2D eigenvalue weighted by Gasteiger charge is -2.33. The second-order valence-corrected chi connectivity index (χ2v) is 8.71. The molecule has 1 fully saturated rings. The summed E-state index contributed by atoms with van der Waals surface area (Å²) in [6.07, 6.45) is 1.16. The van der Waals surface area contributed by atoms with Crippen molar-refractivity contribution in [1.82, 2.24) is 10.2 Å². The SMILES string of the molecule is CC(C)(C)OC(=O)N1CCC(NC(=O)c2cccc3c(Br)cccc23)CC1. The topological polar surface area (TPSA) is 58.6 Å². The van der Waals surface area contributed by atoms with Crippen molar-refractivity contribution in [2.45, 2.75) is 45.3 Å². The number of nitrogens with one attached hydrogen (secondary N) is 1. The molecule has 0 aliphatic carbocycles. The summed E-state index contributed by atoms with van der Waals surface area (Å²) in [7, 11) is 0. The molecule has 1 N–H and O–H groups in total. The van der Waals surface area contributed by atoms with E-state index in [4.69, 9.17) is 4.74 Å². The Morgan fingerprint density at radius 3 is 2.37 bits per heavy atom. The van der Waals surface area contributed by atoms with Crippen molar-refractivity contribution in [1.29, 1.82) is 0 Å². The minimum absolute atomic E-state index is 0.0543. The summed E-state index contributed by atoms with van der Waals surface area (Å²) in [6, 6.07) is 11.7. The normalized spacial score (nSPS) is 15.6. The quantitative estimate of drug-likeness (QED) is 0.745. The Labute approximate surface area is 168 Å². The molecule has 0 unspecified atom stereocenters. The first-order chi connectivity index (χ1) is 12.7. The molecule has 1 aliphatic rings. The first-order valence-corrected chi connectivity index (χ1v) is 10.00. The maximum atomic E-state index is 12.8. The molecule has 0 bridgehead atoms. The first kappa shape index (κ1) is 19.7. The van der Waals surface area contributed by atoms with Gasteiger partial charge in [-0.2, -0.15) is 0 Å². The molecular formula is C21H25BrN2O3. The maximum Gasteiger partial charge on any atom is 0.410 e. The smallest absolute Gasteiger partial charge is 0.410 e. The predicted octanol–water partition coefficient (Wildman–Crippen LogP) is 4.73. The molecule has 1 saturated heterocycles. The van der Waals surface area contributed by atoms with Crippen LogP contribution in [-0.4, -0.2) is 41.6 Å². The average Bonchev–Trinajstić information content (AvgIpc) is 2.61. The lowest BCUT2D eigenvalue weighted by molar-refractivity contribution is 0.0199. The van der Waals surface area contributed by atoms with Gasteiger partial charge < -0.3 is 15.0 Å². The Hall–Kier alpha value is -2.08. The molecule has 1 heterocycles. The Morgan fingerprint density at radius 1 is 1.07 bits per heavy atom. The van der Waals surface area contributed by atoms with Gasteiger partial charge in [0.1, 0.15) is 5.60 Å². The second-order valence-electron chi connectivity index (χ2n) is 7.86. The van der Waals surface area contributed by atoms with E-state index in [1.165, 1.54) is 0 Å². The minimum atomic E-state index is -0.495. The van der Waals surface area contributed by atoms with Crippen LogP contribution in [0.2, 0.25) is 0 Å². The van der Waals surface area contributed by atoms with E-state index in [0.29, 0.717) is 18.7 Å². The molecule has 0 spiro atoms. The Balaban J connectivity index is 1.62. The number of piperidine rings is 1. The van der Waals surface area contributed by atoms with E-state index >= 15 is 0 Å². The van der Waals surface area contributed by atoms with Gasteiger partial charge in [-0.1, -0.05) is 40.2 Å². The predicted molar refractivity (Wildman–Crippen MR) is 110 cm³/mol. The second kappa shape index (κ2) is 7.89. The maximum absolute atomic E-state index is 12.8. The van der Waals surface area contributed by atoms with Gasteiger partial charge in [0.2, 0.25) is 0 Å². The van der Waals surface area contributed by atoms with E-state index in [2.05, 4.69) is 21.2 Å². The molecule has 3 rings (SSSR count). The van der Waals surface area contributed by atoms with E-state index < -0.39 is 5.60 Å². The Kier molecular flexibility index (Phi) is 5.75. The van der Waals surface area contributed by atoms with Gasteiger partial charge in [-0.05, 0) is 56.5 Å². The fourth-order valence-corrected chi connectivity index (χ4v) is 3.76. The molecule has 0 saturated carbocycles. The molecule has 27 heavy (non-hydrogen) atoms. The molecule has 2 amide bonds. The van der Waals surface area contributed by atoms with E-state index in [1.807, 2.05) is 57.2 Å². The molecule has 5 nitrogen and oxygen atoms in total. The molecule has 2 aromatic carbocycles. The number of rotatable bonds is 2. The van der Waals surface area contributed by atoms with Crippen molar-refractivity contribution >= 4 is 38.7 Å². The number of hydrogen-bond donors (Lipinski definition) is 1. The van der Waals surface area contributed by atoms with Crippen LogP contribution in [0, 0.1) is 0 Å². The molecular weight excluding hydrogens is 408 g/mol. The zero-order valence-corrected chi connectivity index (χ0v) is 17.5. The van der Waals surface area contributed by atoms with E-state index in [9.17, 15) is 9.59 Å². The summed E-state index contributed by atoms with van der Waals surface area (Å²) in [5, 5.41) is 5.07. The van der Waals surface area contributed by atoms with Gasteiger partial charge in [0.05, 0.1) is 0 Å². The lowest BCUT2D eigenvalue weighted by Crippen LogP contribution is -2.47. The lowest BCUT2D eigenvalue weighted by atomic mass is 10.0. The molecule has 1 aliphatic heterocycles. The van der Waals surface area contributed by atoms with Gasteiger partial charge in [-0.3, -0.25) is 4.79 Å². The summed E-state index contributed by atoms with van der Waals surface area (Å²) in [5.74, 6) is -0.0746. The number of benzene rings is 2. The van der Waals surface area contributed by atoms with Crippen LogP contribution in [0.1, 0.15) is 44.0 Å². The average molecular weight is 433 g/mol. The van der Waals surface area contributed by atoms with Crippen LogP contribution in [0.25, 0.3) is 10.8 Å². The van der Waals surface area contributed by atoms with Crippen molar-refractivity contribution in [2.75, 3.05) is 13.1 Å². The van der Waals surface area contributed by atoms with Gasteiger partial charge in [0.25, 0.3) is 5.91 Å². The highest BCUT2D eigenvalue weighted by Crippen LogP contribution is 2.26. The first-order valence-electron chi connectivity index (χ1n) is 9.20. The largest absolute Gasteiger partial charge is 0.444 e. The molecule has 2 aromatic rings. The Bertz CT molecular complexity index is 852. The number of carbonyl (C=O) groups is 2. The number of carbonyl (C=O) groups excluding carboxylic acids is 2. The third-order valence-corrected chi connectivity index (χ3v) is 5.29. The number of likely N-dealkylation sites (tertiary alicyclic amines) is 1. The minimum Gasteiger partial charge on any atom is -0.444 e. The molecule has 0 atom stereocenters. The highest BCUT2D eigenvalue weighted by atomic mass is 79.9. The number of halogens is 1. The van der Waals surface area contributed by atoms with Gasteiger partial charge in [0.15, 0.2) is 0 Å².